The van der Waals surface area contributed by atoms with Crippen LogP contribution in [0, 0.1) is 12.7 Å². The second kappa shape index (κ2) is 8.60. The lowest BCUT2D eigenvalue weighted by Gasteiger charge is -2.20. The van der Waals surface area contributed by atoms with Gasteiger partial charge in [0.15, 0.2) is 0 Å². The molecule has 2 aromatic rings. The van der Waals surface area contributed by atoms with Crippen molar-refractivity contribution in [2.75, 3.05) is 17.2 Å². The van der Waals surface area contributed by atoms with E-state index in [0.717, 1.165) is 24.3 Å². The maximum absolute atomic E-state index is 14.4. The van der Waals surface area contributed by atoms with E-state index in [1.807, 2.05) is 0 Å². The predicted octanol–water partition coefficient (Wildman–Crippen LogP) is 6.15. The van der Waals surface area contributed by atoms with Gasteiger partial charge in [-0.25, -0.2) is 9.38 Å². The third-order valence-corrected chi connectivity index (χ3v) is 6.15. The van der Waals surface area contributed by atoms with Crippen LogP contribution in [0.5, 0.6) is 0 Å². The van der Waals surface area contributed by atoms with E-state index in [2.05, 4.69) is 4.99 Å². The molecular formula is C20H17F7N2OS. The fourth-order valence-electron chi connectivity index (χ4n) is 3.22. The second-order valence-electron chi connectivity index (χ2n) is 7.00. The van der Waals surface area contributed by atoms with Crippen LogP contribution in [-0.4, -0.2) is 28.5 Å². The van der Waals surface area contributed by atoms with Gasteiger partial charge in [-0.2, -0.15) is 26.3 Å². The van der Waals surface area contributed by atoms with Gasteiger partial charge in [-0.3, -0.25) is 4.21 Å². The van der Waals surface area contributed by atoms with E-state index >= 15 is 0 Å². The lowest BCUT2D eigenvalue weighted by molar-refractivity contribution is -0.137. The average molecular weight is 466 g/mol. The molecule has 11 heteroatoms. The van der Waals surface area contributed by atoms with E-state index in [4.69, 9.17) is 0 Å². The molecule has 1 aliphatic heterocycles. The van der Waals surface area contributed by atoms with Crippen molar-refractivity contribution >= 4 is 28.0 Å². The summed E-state index contributed by atoms with van der Waals surface area (Å²) in [5.41, 5.74) is -0.548. The molecule has 1 atom stereocenters. The van der Waals surface area contributed by atoms with Crippen LogP contribution in [0.3, 0.4) is 0 Å². The number of nitrogens with zero attached hydrogens (tertiary/aromatic N) is 2. The minimum Gasteiger partial charge on any atom is -0.330 e. The summed E-state index contributed by atoms with van der Waals surface area (Å²) in [5, 5.41) is 0. The van der Waals surface area contributed by atoms with Crippen molar-refractivity contribution in [1.82, 2.24) is 0 Å². The third kappa shape index (κ3) is 5.63. The first kappa shape index (κ1) is 23.2. The smallest absolute Gasteiger partial charge is 0.330 e. The van der Waals surface area contributed by atoms with E-state index in [1.165, 1.54) is 19.1 Å². The number of anilines is 1. The van der Waals surface area contributed by atoms with Gasteiger partial charge in [-0.15, -0.1) is 0 Å². The van der Waals surface area contributed by atoms with Crippen molar-refractivity contribution in [2.45, 2.75) is 37.0 Å². The Hall–Kier alpha value is -2.43. The van der Waals surface area contributed by atoms with Crippen LogP contribution in [0.15, 0.2) is 46.3 Å². The molecule has 3 nitrogen and oxygen atoms in total. The number of halogens is 7. The zero-order chi connectivity index (χ0) is 23.0. The largest absolute Gasteiger partial charge is 0.416 e. The number of hydrogen-bond acceptors (Lipinski definition) is 2. The van der Waals surface area contributed by atoms with Crippen molar-refractivity contribution < 1.29 is 34.9 Å². The Labute approximate surface area is 176 Å². The number of benzene rings is 2. The minimum atomic E-state index is -4.65. The molecule has 2 aromatic carbocycles. The summed E-state index contributed by atoms with van der Waals surface area (Å²) in [5.74, 6) is -2.00. The van der Waals surface area contributed by atoms with E-state index < -0.39 is 40.3 Å². The molecule has 1 aliphatic rings. The molecule has 3 rings (SSSR count). The highest BCUT2D eigenvalue weighted by Gasteiger charge is 2.32. The Morgan fingerprint density at radius 1 is 1.06 bits per heavy atom. The maximum atomic E-state index is 14.4. The molecule has 0 amide bonds. The third-order valence-electron chi connectivity index (χ3n) is 4.63. The average Bonchev–Trinajstić information content (AvgIpc) is 3.10. The van der Waals surface area contributed by atoms with Crippen LogP contribution in [0.4, 0.5) is 42.1 Å². The zero-order valence-corrected chi connectivity index (χ0v) is 17.0. The molecule has 0 aliphatic carbocycles. The summed E-state index contributed by atoms with van der Waals surface area (Å²) >= 11 is 0. The van der Waals surface area contributed by atoms with Crippen LogP contribution in [-0.2, 0) is 17.0 Å². The van der Waals surface area contributed by atoms with Crippen molar-refractivity contribution in [1.29, 1.82) is 0 Å². The fourth-order valence-corrected chi connectivity index (χ4v) is 4.34. The van der Waals surface area contributed by atoms with E-state index in [9.17, 15) is 34.9 Å². The van der Waals surface area contributed by atoms with Gasteiger partial charge in [0.05, 0.1) is 16.4 Å². The SMILES string of the molecule is Cc1cc(F)c(N=C2CCCN2c2ccc(C(F)(F)F)cc2)cc1S(=O)CC(F)(F)F. The molecule has 0 spiro atoms. The van der Waals surface area contributed by atoms with E-state index in [0.29, 0.717) is 30.9 Å². The second-order valence-corrected chi connectivity index (χ2v) is 8.42. The van der Waals surface area contributed by atoms with Gasteiger partial charge in [0, 0.05) is 23.5 Å². The maximum Gasteiger partial charge on any atom is 0.416 e. The lowest BCUT2D eigenvalue weighted by atomic mass is 10.2. The number of amidine groups is 1. The Balaban J connectivity index is 1.93. The van der Waals surface area contributed by atoms with Crippen LogP contribution in [0.2, 0.25) is 0 Å². The predicted molar refractivity (Wildman–Crippen MR) is 104 cm³/mol. The van der Waals surface area contributed by atoms with Crippen molar-refractivity contribution in [3.05, 3.63) is 53.3 Å². The van der Waals surface area contributed by atoms with E-state index in [-0.39, 0.29) is 16.1 Å². The zero-order valence-electron chi connectivity index (χ0n) is 16.1. The first-order chi connectivity index (χ1) is 14.3. The highest BCUT2D eigenvalue weighted by molar-refractivity contribution is 7.85. The van der Waals surface area contributed by atoms with Crippen molar-refractivity contribution in [3.8, 4) is 0 Å². The summed E-state index contributed by atoms with van der Waals surface area (Å²) in [6.45, 7) is 1.79. The molecule has 0 radical (unpaired) electrons. The molecule has 31 heavy (non-hydrogen) atoms. The molecule has 1 unspecified atom stereocenters. The van der Waals surface area contributed by atoms with Gasteiger partial charge >= 0.3 is 12.4 Å². The van der Waals surface area contributed by atoms with Gasteiger partial charge in [0.1, 0.15) is 23.1 Å². The number of aryl methyl sites for hydroxylation is 1. The summed E-state index contributed by atoms with van der Waals surface area (Å²) < 4.78 is 103. The minimum absolute atomic E-state index is 0.107. The number of alkyl halides is 6. The van der Waals surface area contributed by atoms with E-state index in [1.54, 1.807) is 4.90 Å². The van der Waals surface area contributed by atoms with Crippen LogP contribution in [0.1, 0.15) is 24.0 Å². The lowest BCUT2D eigenvalue weighted by Crippen LogP contribution is -2.24. The summed E-state index contributed by atoms with van der Waals surface area (Å²) in [4.78, 5) is 5.64. The number of rotatable bonds is 4. The Morgan fingerprint density at radius 2 is 1.71 bits per heavy atom. The molecule has 0 N–H and O–H groups in total. The molecular weight excluding hydrogens is 449 g/mol. The van der Waals surface area contributed by atoms with Crippen LogP contribution >= 0.6 is 0 Å². The highest BCUT2D eigenvalue weighted by atomic mass is 32.2. The first-order valence-corrected chi connectivity index (χ1v) is 10.4. The molecule has 1 fully saturated rings. The van der Waals surface area contributed by atoms with Gasteiger partial charge < -0.3 is 4.90 Å². The summed E-state index contributed by atoms with van der Waals surface area (Å²) in [6.07, 6.45) is -8.12. The first-order valence-electron chi connectivity index (χ1n) is 9.13. The standard InChI is InChI=1S/C20H17F7N2OS/c1-12-9-15(21)16(10-17(12)31(30)11-19(22,23)24)28-18-3-2-8-29(18)14-6-4-13(5-7-14)20(25,26)27/h4-7,9-10H,2-3,8,11H2,1H3. The van der Waals surface area contributed by atoms with Gasteiger partial charge in [0.2, 0.25) is 0 Å². The molecule has 0 saturated carbocycles. The van der Waals surface area contributed by atoms with Crippen LogP contribution < -0.4 is 4.90 Å². The molecule has 0 bridgehead atoms. The normalized spacial score (nSPS) is 17.4. The number of hydrogen-bond donors (Lipinski definition) is 0. The molecule has 0 aromatic heterocycles. The quantitative estimate of drug-likeness (QED) is 0.506. The monoisotopic (exact) mass is 466 g/mol. The van der Waals surface area contributed by atoms with Crippen molar-refractivity contribution in [2.24, 2.45) is 4.99 Å². The van der Waals surface area contributed by atoms with Crippen LogP contribution in [0.25, 0.3) is 0 Å². The molecule has 1 heterocycles. The number of aliphatic imine (C=N–C) groups is 1. The highest BCUT2D eigenvalue weighted by Crippen LogP contribution is 2.33. The Morgan fingerprint density at radius 3 is 2.29 bits per heavy atom. The molecule has 168 valence electrons. The summed E-state index contributed by atoms with van der Waals surface area (Å²) in [7, 11) is -2.42. The Kier molecular flexibility index (Phi) is 6.45. The van der Waals surface area contributed by atoms with Crippen molar-refractivity contribution in [3.63, 3.8) is 0 Å². The fraction of sp³-hybridized carbons (Fsp3) is 0.350. The van der Waals surface area contributed by atoms with Gasteiger partial charge in [0.25, 0.3) is 0 Å². The van der Waals surface area contributed by atoms with Gasteiger partial charge in [-0.1, -0.05) is 0 Å². The molecule has 1 saturated heterocycles. The van der Waals surface area contributed by atoms with Gasteiger partial charge in [-0.05, 0) is 55.3 Å². The topological polar surface area (TPSA) is 32.7 Å². The summed E-state index contributed by atoms with van der Waals surface area (Å²) in [6, 6.07) is 6.41. The Bertz CT molecular complexity index is 1010.